The van der Waals surface area contributed by atoms with E-state index in [0.29, 0.717) is 37.5 Å². The van der Waals surface area contributed by atoms with Crippen molar-refractivity contribution in [3.8, 4) is 0 Å². The summed E-state index contributed by atoms with van der Waals surface area (Å²) in [5.74, 6) is -0.710. The number of ether oxygens (including phenoxy) is 11. The zero-order valence-electron chi connectivity index (χ0n) is 49.3. The second-order valence-corrected chi connectivity index (χ2v) is 27.2. The number of aliphatic hydroxyl groups excluding tert-OH is 18. The molecule has 0 aromatic rings. The van der Waals surface area contributed by atoms with Crippen molar-refractivity contribution in [2.75, 3.05) is 39.6 Å². The molecule has 10 fully saturated rings. The van der Waals surface area contributed by atoms with Crippen molar-refractivity contribution in [1.82, 2.24) is 0 Å². The van der Waals surface area contributed by atoms with Crippen LogP contribution < -0.4 is 0 Å². The third-order valence-electron chi connectivity index (χ3n) is 22.2. The van der Waals surface area contributed by atoms with Gasteiger partial charge in [0, 0.05) is 12.3 Å². The first-order valence-electron chi connectivity index (χ1n) is 31.0. The van der Waals surface area contributed by atoms with E-state index in [1.807, 2.05) is 6.92 Å². The molecule has 0 bridgehead atoms. The number of rotatable bonds is 19. The third kappa shape index (κ3) is 12.6. The second kappa shape index (κ2) is 27.3. The molecule has 6 aliphatic heterocycles. The van der Waals surface area contributed by atoms with Gasteiger partial charge in [-0.3, -0.25) is 0 Å². The van der Waals surface area contributed by atoms with E-state index in [2.05, 4.69) is 20.8 Å². The van der Waals surface area contributed by atoms with Gasteiger partial charge in [0.2, 0.25) is 0 Å². The maximum absolute atomic E-state index is 12.2. The summed E-state index contributed by atoms with van der Waals surface area (Å²) in [6.45, 7) is 4.45. The SMILES string of the molecule is CC(CCC1(O)OC2CC3C4CCC5CC(OC6OC(CO)C(OC7OC(CO)C(O)C(OC8OC(CO)C(O)C(O)C8O)C7OC7OC(CO)C(O)C(O)C7O)C(O)C6O)C(O)CC5(C)C4CCC3(C)C2C1C)COC1OC(CO)C(O)C(O)C1O. The van der Waals surface area contributed by atoms with Gasteiger partial charge in [-0.1, -0.05) is 27.7 Å². The Balaban J connectivity index is 0.777. The lowest BCUT2D eigenvalue weighted by molar-refractivity contribution is -0.407. The van der Waals surface area contributed by atoms with Crippen LogP contribution in [0.15, 0.2) is 0 Å². The normalized spacial score (nSPS) is 55.6. The predicted molar refractivity (Wildman–Crippen MR) is 286 cm³/mol. The standard InChI is InChI=1S/C57H96O30/c1-20(19-77-50-43(72)39(68)35(64)29(14-58)79-50)7-10-57(76)21(2)34-28(87-57)12-25-23-6-5-22-11-27(26(63)13-56(22,4)24(23)8-9-55(25,34)3)78-51-46(75)42(71)47(33(18-62)83-51)84-54-49(86-53-45(74)41(70)37(66)31(16-60)81-53)48(38(67)32(17-61)82-54)85-52-44(73)40(69)36(65)30(15-59)80-52/h20-54,58-76H,5-19H2,1-4H3. The Morgan fingerprint density at radius 2 is 0.966 bits per heavy atom. The van der Waals surface area contributed by atoms with Crippen LogP contribution in [0.5, 0.6) is 0 Å². The minimum atomic E-state index is -2.09. The molecular formula is C57H96O30. The van der Waals surface area contributed by atoms with E-state index in [0.717, 1.165) is 32.1 Å². The lowest BCUT2D eigenvalue weighted by atomic mass is 9.44. The molecule has 87 heavy (non-hydrogen) atoms. The molecule has 10 aliphatic rings. The number of fused-ring (bicyclic) bond motifs is 7. The summed E-state index contributed by atoms with van der Waals surface area (Å²) in [5, 5.41) is 205. The Labute approximate surface area is 502 Å². The Morgan fingerprint density at radius 3 is 1.54 bits per heavy atom. The van der Waals surface area contributed by atoms with Gasteiger partial charge in [0.15, 0.2) is 37.2 Å². The highest BCUT2D eigenvalue weighted by Crippen LogP contribution is 2.71. The molecule has 30 heteroatoms. The summed E-state index contributed by atoms with van der Waals surface area (Å²) in [6, 6.07) is 0. The van der Waals surface area contributed by atoms with Crippen LogP contribution in [-0.2, 0) is 52.1 Å². The van der Waals surface area contributed by atoms with E-state index in [9.17, 15) is 97.0 Å². The molecule has 0 radical (unpaired) electrons. The third-order valence-corrected chi connectivity index (χ3v) is 22.2. The fourth-order valence-corrected chi connectivity index (χ4v) is 17.2. The Hall–Kier alpha value is -1.20. The first kappa shape index (κ1) is 68.7. The monoisotopic (exact) mass is 1260 g/mol. The van der Waals surface area contributed by atoms with Gasteiger partial charge in [-0.05, 0) is 97.7 Å². The number of aliphatic hydroxyl groups is 19. The fourth-order valence-electron chi connectivity index (χ4n) is 17.2. The lowest BCUT2D eigenvalue weighted by Gasteiger charge is -2.62. The van der Waals surface area contributed by atoms with E-state index in [1.165, 1.54) is 0 Å². The van der Waals surface area contributed by atoms with Crippen LogP contribution in [-0.4, -0.2) is 314 Å². The summed E-state index contributed by atoms with van der Waals surface area (Å²) in [7, 11) is 0. The zero-order chi connectivity index (χ0) is 63.1. The van der Waals surface area contributed by atoms with Gasteiger partial charge in [0.1, 0.15) is 122 Å². The average molecular weight is 1260 g/mol. The van der Waals surface area contributed by atoms with Crippen LogP contribution in [0.1, 0.15) is 85.5 Å². The molecule has 6 saturated heterocycles. The topological polar surface area (TPSA) is 486 Å². The maximum atomic E-state index is 12.2. The molecule has 0 aromatic heterocycles. The van der Waals surface area contributed by atoms with E-state index >= 15 is 0 Å². The van der Waals surface area contributed by atoms with Gasteiger partial charge in [-0.25, -0.2) is 0 Å². The second-order valence-electron chi connectivity index (χ2n) is 27.2. The first-order chi connectivity index (χ1) is 41.2. The Morgan fingerprint density at radius 1 is 0.483 bits per heavy atom. The smallest absolute Gasteiger partial charge is 0.187 e. The van der Waals surface area contributed by atoms with Crippen LogP contribution in [0.2, 0.25) is 0 Å². The molecule has 6 heterocycles. The van der Waals surface area contributed by atoms with Crippen LogP contribution in [0.3, 0.4) is 0 Å². The largest absolute Gasteiger partial charge is 0.394 e. The van der Waals surface area contributed by atoms with Crippen LogP contribution in [0, 0.1) is 52.3 Å². The summed E-state index contributed by atoms with van der Waals surface area (Å²) in [4.78, 5) is 0. The van der Waals surface area contributed by atoms with E-state index in [-0.39, 0.29) is 53.1 Å². The molecule has 10 rings (SSSR count). The lowest BCUT2D eigenvalue weighted by Crippen LogP contribution is -2.69. The minimum absolute atomic E-state index is 0.0665. The quantitative estimate of drug-likeness (QED) is 0.0534. The van der Waals surface area contributed by atoms with Gasteiger partial charge in [0.25, 0.3) is 0 Å². The molecule has 19 N–H and O–H groups in total. The van der Waals surface area contributed by atoms with Crippen molar-refractivity contribution >= 4 is 0 Å². The molecular weight excluding hydrogens is 1160 g/mol. The van der Waals surface area contributed by atoms with Crippen LogP contribution in [0.4, 0.5) is 0 Å². The van der Waals surface area contributed by atoms with Crippen molar-refractivity contribution in [2.24, 2.45) is 52.3 Å². The molecule has 0 aromatic carbocycles. The van der Waals surface area contributed by atoms with Gasteiger partial charge in [-0.2, -0.15) is 0 Å². The first-order valence-corrected chi connectivity index (χ1v) is 31.0. The highest BCUT2D eigenvalue weighted by Gasteiger charge is 2.69. The molecule has 30 nitrogen and oxygen atoms in total. The van der Waals surface area contributed by atoms with Crippen molar-refractivity contribution in [2.45, 2.75) is 263 Å². The molecule has 0 amide bonds. The summed E-state index contributed by atoms with van der Waals surface area (Å²) >= 11 is 0. The number of hydrogen-bond donors (Lipinski definition) is 19. The van der Waals surface area contributed by atoms with E-state index < -0.39 is 205 Å². The van der Waals surface area contributed by atoms with E-state index in [1.54, 1.807) is 0 Å². The summed E-state index contributed by atoms with van der Waals surface area (Å²) in [5.41, 5.74) is -0.457. The highest BCUT2D eigenvalue weighted by molar-refractivity contribution is 5.16. The molecule has 38 unspecified atom stereocenters. The predicted octanol–water partition coefficient (Wildman–Crippen LogP) is -7.16. The highest BCUT2D eigenvalue weighted by atomic mass is 16.8. The van der Waals surface area contributed by atoms with Gasteiger partial charge < -0.3 is 149 Å². The Kier molecular flexibility index (Phi) is 21.5. The molecule has 504 valence electrons. The molecule has 38 atom stereocenters. The Bertz CT molecular complexity index is 2220. The average Bonchev–Trinajstić information content (AvgIpc) is 1.60. The van der Waals surface area contributed by atoms with E-state index in [4.69, 9.17) is 52.1 Å². The molecule has 0 spiro atoms. The summed E-state index contributed by atoms with van der Waals surface area (Å²) < 4.78 is 65.7. The van der Waals surface area contributed by atoms with Crippen LogP contribution in [0.25, 0.3) is 0 Å². The van der Waals surface area contributed by atoms with Gasteiger partial charge >= 0.3 is 0 Å². The summed E-state index contributed by atoms with van der Waals surface area (Å²) in [6.07, 6.45) is -40.6. The van der Waals surface area contributed by atoms with Crippen molar-refractivity contribution in [1.29, 1.82) is 0 Å². The van der Waals surface area contributed by atoms with Crippen molar-refractivity contribution in [3.05, 3.63) is 0 Å². The van der Waals surface area contributed by atoms with Crippen LogP contribution >= 0.6 is 0 Å². The van der Waals surface area contributed by atoms with Gasteiger partial charge in [0.05, 0.1) is 58.0 Å². The fraction of sp³-hybridized carbons (Fsp3) is 1.00. The minimum Gasteiger partial charge on any atom is -0.394 e. The van der Waals surface area contributed by atoms with Crippen molar-refractivity contribution < 1.29 is 149 Å². The van der Waals surface area contributed by atoms with Crippen molar-refractivity contribution in [3.63, 3.8) is 0 Å². The maximum Gasteiger partial charge on any atom is 0.187 e. The zero-order valence-corrected chi connectivity index (χ0v) is 49.3. The molecule has 4 saturated carbocycles. The molecule has 4 aliphatic carbocycles. The van der Waals surface area contributed by atoms with Gasteiger partial charge in [-0.15, -0.1) is 0 Å². The number of hydrogen-bond acceptors (Lipinski definition) is 30.